The van der Waals surface area contributed by atoms with Crippen molar-refractivity contribution in [3.63, 3.8) is 0 Å². The molecule has 0 radical (unpaired) electrons. The average molecular weight is 391 g/mol. The highest BCUT2D eigenvalue weighted by Crippen LogP contribution is 2.27. The zero-order chi connectivity index (χ0) is 20.4. The van der Waals surface area contributed by atoms with Crippen molar-refractivity contribution in [2.75, 3.05) is 0 Å². The van der Waals surface area contributed by atoms with Crippen molar-refractivity contribution in [3.8, 4) is 22.8 Å². The lowest BCUT2D eigenvalue weighted by atomic mass is 10.2. The Hall–Kier alpha value is -3.94. The van der Waals surface area contributed by atoms with E-state index in [1.54, 1.807) is 53.4 Å². The molecule has 0 atom stereocenters. The van der Waals surface area contributed by atoms with Crippen LogP contribution in [0.5, 0.6) is 0 Å². The highest BCUT2D eigenvalue weighted by atomic mass is 19.2. The molecule has 0 saturated heterocycles. The van der Waals surface area contributed by atoms with E-state index in [-0.39, 0.29) is 29.7 Å². The van der Waals surface area contributed by atoms with Gasteiger partial charge in [-0.2, -0.15) is 0 Å². The number of hydrogen-bond donors (Lipinski definition) is 2. The maximum atomic E-state index is 14.0. The number of amidine groups is 1. The van der Waals surface area contributed by atoms with E-state index in [1.165, 1.54) is 12.1 Å². The first kappa shape index (κ1) is 18.4. The van der Waals surface area contributed by atoms with Crippen molar-refractivity contribution >= 4 is 11.7 Å². The van der Waals surface area contributed by atoms with Crippen LogP contribution in [-0.4, -0.2) is 26.3 Å². The predicted octanol–water partition coefficient (Wildman–Crippen LogP) is 3.74. The summed E-state index contributed by atoms with van der Waals surface area (Å²) in [5.41, 5.74) is 1.42. The summed E-state index contributed by atoms with van der Waals surface area (Å²) in [7, 11) is 0. The first-order valence-electron chi connectivity index (χ1n) is 8.73. The van der Waals surface area contributed by atoms with E-state index in [0.717, 1.165) is 6.07 Å². The summed E-state index contributed by atoms with van der Waals surface area (Å²) in [6, 6.07) is 14.1. The van der Waals surface area contributed by atoms with Crippen LogP contribution in [0.1, 0.15) is 10.4 Å². The van der Waals surface area contributed by atoms with Crippen LogP contribution in [0, 0.1) is 17.0 Å². The van der Waals surface area contributed by atoms with Gasteiger partial charge in [-0.15, -0.1) is 0 Å². The third kappa shape index (κ3) is 3.86. The summed E-state index contributed by atoms with van der Waals surface area (Å²) in [4.78, 5) is 20.6. The zero-order valence-electron chi connectivity index (χ0n) is 15.1. The maximum Gasteiger partial charge on any atom is 0.256 e. The minimum absolute atomic E-state index is 0.000818. The molecule has 2 aliphatic heterocycles. The third-order valence-electron chi connectivity index (χ3n) is 4.26. The Bertz CT molecular complexity index is 1170. The minimum atomic E-state index is -0.999. The normalized spacial score (nSPS) is 10.8. The van der Waals surface area contributed by atoms with Gasteiger partial charge >= 0.3 is 0 Å². The van der Waals surface area contributed by atoms with Crippen molar-refractivity contribution in [2.24, 2.45) is 0 Å². The zero-order valence-corrected chi connectivity index (χ0v) is 15.1. The second-order valence-corrected chi connectivity index (χ2v) is 6.33. The molecule has 2 aromatic rings. The number of halogens is 2. The number of nitrogens with one attached hydrogen (secondary N) is 2. The lowest BCUT2D eigenvalue weighted by Gasteiger charge is -2.10. The fourth-order valence-corrected chi connectivity index (χ4v) is 2.87. The Balaban J connectivity index is 1.52. The van der Waals surface area contributed by atoms with Crippen LogP contribution in [0.4, 0.5) is 8.78 Å². The molecular formula is C21H15F2N5O. The Labute approximate surface area is 164 Å². The van der Waals surface area contributed by atoms with E-state index in [0.29, 0.717) is 17.0 Å². The number of carbonyl (C=O) groups is 1. The van der Waals surface area contributed by atoms with Crippen LogP contribution in [0.15, 0.2) is 67.0 Å². The van der Waals surface area contributed by atoms with Crippen LogP contribution in [0.25, 0.3) is 22.8 Å². The topological polar surface area (TPSA) is 83.7 Å². The molecule has 2 N–H and O–H groups in total. The molecule has 1 amide bonds. The first-order valence-corrected chi connectivity index (χ1v) is 8.73. The Morgan fingerprint density at radius 2 is 1.76 bits per heavy atom. The molecule has 2 heterocycles. The van der Waals surface area contributed by atoms with Gasteiger partial charge in [0.05, 0.1) is 17.8 Å². The number of pyridine rings is 1. The molecule has 6 nitrogen and oxygen atoms in total. The maximum absolute atomic E-state index is 14.0. The molecule has 0 unspecified atom stereocenters. The monoisotopic (exact) mass is 391 g/mol. The number of carbonyl (C=O) groups excluding carboxylic acids is 1. The van der Waals surface area contributed by atoms with Gasteiger partial charge in [-0.3, -0.25) is 10.2 Å². The van der Waals surface area contributed by atoms with Gasteiger partial charge in [-0.1, -0.05) is 24.3 Å². The first-order chi connectivity index (χ1) is 14.0. The number of imidazole rings is 1. The highest BCUT2D eigenvalue weighted by molar-refractivity contribution is 6.05. The molecule has 0 spiro atoms. The number of hydrogen-bond acceptors (Lipinski definition) is 4. The number of fused-ring (bicyclic) bond motifs is 1. The van der Waals surface area contributed by atoms with Crippen LogP contribution in [-0.2, 0) is 6.54 Å². The third-order valence-corrected chi connectivity index (χ3v) is 4.26. The molecule has 0 aliphatic carbocycles. The highest BCUT2D eigenvalue weighted by Gasteiger charge is 2.17. The van der Waals surface area contributed by atoms with Crippen LogP contribution >= 0.6 is 0 Å². The van der Waals surface area contributed by atoms with E-state index in [2.05, 4.69) is 15.3 Å². The standard InChI is InChI=1S/C21H15F2N5O/c22-15-8-4-7-14(19(15)23)20-25-16-9-10-28(11-17(16)26-20)12-18(24)27-21(29)13-5-2-1-3-6-13/h1-11H,12H2,(H2,24,27,29). The van der Waals surface area contributed by atoms with Crippen LogP contribution in [0.3, 0.4) is 0 Å². The van der Waals surface area contributed by atoms with Crippen LogP contribution in [0.2, 0.25) is 0 Å². The van der Waals surface area contributed by atoms with Crippen molar-refractivity contribution in [1.82, 2.24) is 19.9 Å². The van der Waals surface area contributed by atoms with Gasteiger partial charge in [0, 0.05) is 18.0 Å². The molecule has 0 saturated carbocycles. The SMILES string of the molecule is N=C(Cn1ccc2nc(-c3cccc(F)c3F)nc-2c1)NC(=O)c1ccccc1. The quantitative estimate of drug-likeness (QED) is 0.411. The van der Waals surface area contributed by atoms with Crippen LogP contribution < -0.4 is 5.32 Å². The van der Waals surface area contributed by atoms with Gasteiger partial charge in [0.2, 0.25) is 0 Å². The van der Waals surface area contributed by atoms with Gasteiger partial charge in [-0.25, -0.2) is 18.7 Å². The van der Waals surface area contributed by atoms with Gasteiger partial charge in [0.1, 0.15) is 11.5 Å². The van der Waals surface area contributed by atoms with E-state index >= 15 is 0 Å². The molecule has 8 heteroatoms. The van der Waals surface area contributed by atoms with Crippen molar-refractivity contribution in [1.29, 1.82) is 5.41 Å². The molecule has 0 fully saturated rings. The van der Waals surface area contributed by atoms with Crippen molar-refractivity contribution < 1.29 is 13.6 Å². The molecule has 144 valence electrons. The van der Waals surface area contributed by atoms with E-state index in [9.17, 15) is 13.6 Å². The number of benzene rings is 2. The molecule has 0 aromatic heterocycles. The van der Waals surface area contributed by atoms with E-state index in [4.69, 9.17) is 5.41 Å². The predicted molar refractivity (Wildman–Crippen MR) is 104 cm³/mol. The van der Waals surface area contributed by atoms with Gasteiger partial charge in [0.25, 0.3) is 5.91 Å². The molecule has 29 heavy (non-hydrogen) atoms. The Morgan fingerprint density at radius 1 is 1.00 bits per heavy atom. The lowest BCUT2D eigenvalue weighted by Crippen LogP contribution is -2.32. The van der Waals surface area contributed by atoms with Crippen molar-refractivity contribution in [3.05, 3.63) is 84.2 Å². The molecule has 2 aromatic carbocycles. The lowest BCUT2D eigenvalue weighted by molar-refractivity contribution is 0.0976. The number of rotatable bonds is 4. The minimum Gasteiger partial charge on any atom is -0.344 e. The van der Waals surface area contributed by atoms with E-state index in [1.807, 2.05) is 0 Å². The molecular weight excluding hydrogens is 376 g/mol. The summed E-state index contributed by atoms with van der Waals surface area (Å²) < 4.78 is 29.1. The smallest absolute Gasteiger partial charge is 0.256 e. The number of amides is 1. The van der Waals surface area contributed by atoms with Crippen molar-refractivity contribution in [2.45, 2.75) is 6.54 Å². The summed E-state index contributed by atoms with van der Waals surface area (Å²) >= 11 is 0. The second-order valence-electron chi connectivity index (χ2n) is 6.33. The van der Waals surface area contributed by atoms with Gasteiger partial charge < -0.3 is 9.88 Å². The number of nitrogens with zero attached hydrogens (tertiary/aromatic N) is 3. The fraction of sp³-hybridized carbons (Fsp3) is 0.0476. The van der Waals surface area contributed by atoms with E-state index < -0.39 is 11.6 Å². The summed E-state index contributed by atoms with van der Waals surface area (Å²) in [5, 5.41) is 10.6. The summed E-state index contributed by atoms with van der Waals surface area (Å²) in [6.45, 7) is 0.102. The second kappa shape index (κ2) is 7.59. The average Bonchev–Trinajstić information content (AvgIpc) is 3.13. The largest absolute Gasteiger partial charge is 0.344 e. The molecule has 4 rings (SSSR count). The van der Waals surface area contributed by atoms with Gasteiger partial charge in [0.15, 0.2) is 17.5 Å². The Kier molecular flexibility index (Phi) is 4.82. The fourth-order valence-electron chi connectivity index (χ4n) is 2.87. The molecule has 2 aliphatic rings. The summed E-state index contributed by atoms with van der Waals surface area (Å²) in [6.07, 6.45) is 3.30. The summed E-state index contributed by atoms with van der Waals surface area (Å²) in [5.74, 6) is -2.24. The van der Waals surface area contributed by atoms with Gasteiger partial charge in [-0.05, 0) is 30.3 Å². The molecule has 0 bridgehead atoms. The Morgan fingerprint density at radius 3 is 2.55 bits per heavy atom. The number of aromatic nitrogens is 3.